The molecule has 0 fully saturated rings. The standard InChI is InChI=1S/C25H26N2O5S/c1-16(24(28)27-19-13-21(31-3)15-22(14-19)32-4)33-23-11-7-18(8-12-23)26-25(29)17-5-9-20(30-2)10-6-17/h5-16H,1-4H3,(H,26,29)(H,27,28). The highest BCUT2D eigenvalue weighted by Gasteiger charge is 2.16. The van der Waals surface area contributed by atoms with Crippen molar-refractivity contribution in [3.8, 4) is 17.2 Å². The molecular formula is C25H26N2O5S. The molecule has 3 rings (SSSR count). The van der Waals surface area contributed by atoms with Crippen molar-refractivity contribution in [2.45, 2.75) is 17.1 Å². The van der Waals surface area contributed by atoms with Crippen molar-refractivity contribution in [3.63, 3.8) is 0 Å². The van der Waals surface area contributed by atoms with Crippen LogP contribution in [-0.2, 0) is 4.79 Å². The van der Waals surface area contributed by atoms with Crippen molar-refractivity contribution in [2.75, 3.05) is 32.0 Å². The number of carbonyl (C=O) groups is 2. The fraction of sp³-hybridized carbons (Fsp3) is 0.200. The number of carbonyl (C=O) groups excluding carboxylic acids is 2. The lowest BCUT2D eigenvalue weighted by Gasteiger charge is -2.14. The molecule has 33 heavy (non-hydrogen) atoms. The quantitative estimate of drug-likeness (QED) is 0.428. The van der Waals surface area contributed by atoms with E-state index >= 15 is 0 Å². The zero-order valence-electron chi connectivity index (χ0n) is 18.9. The van der Waals surface area contributed by atoms with Gasteiger partial charge in [0.15, 0.2) is 0 Å². The molecule has 7 nitrogen and oxygen atoms in total. The summed E-state index contributed by atoms with van der Waals surface area (Å²) in [5.74, 6) is 1.53. The van der Waals surface area contributed by atoms with Gasteiger partial charge in [0.05, 0.1) is 26.6 Å². The molecule has 0 aliphatic carbocycles. The van der Waals surface area contributed by atoms with Gasteiger partial charge in [-0.2, -0.15) is 0 Å². The largest absolute Gasteiger partial charge is 0.497 e. The second kappa shape index (κ2) is 11.3. The minimum absolute atomic E-state index is 0.146. The molecule has 2 N–H and O–H groups in total. The number of methoxy groups -OCH3 is 3. The van der Waals surface area contributed by atoms with Crippen LogP contribution in [-0.4, -0.2) is 38.4 Å². The lowest BCUT2D eigenvalue weighted by Crippen LogP contribution is -2.22. The van der Waals surface area contributed by atoms with Crippen molar-refractivity contribution < 1.29 is 23.8 Å². The van der Waals surface area contributed by atoms with E-state index in [1.165, 1.54) is 11.8 Å². The molecule has 1 atom stereocenters. The second-order valence-corrected chi connectivity index (χ2v) is 8.47. The number of thioether (sulfide) groups is 1. The topological polar surface area (TPSA) is 85.9 Å². The fourth-order valence-electron chi connectivity index (χ4n) is 2.94. The monoisotopic (exact) mass is 466 g/mol. The molecule has 0 aliphatic heterocycles. The first-order valence-corrected chi connectivity index (χ1v) is 11.1. The molecular weight excluding hydrogens is 440 g/mol. The molecule has 0 heterocycles. The number of rotatable bonds is 9. The summed E-state index contributed by atoms with van der Waals surface area (Å²) in [4.78, 5) is 26.0. The Hall–Kier alpha value is -3.65. The van der Waals surface area contributed by atoms with E-state index in [1.54, 1.807) is 75.9 Å². The average Bonchev–Trinajstić information content (AvgIpc) is 2.84. The fourth-order valence-corrected chi connectivity index (χ4v) is 3.81. The Kier molecular flexibility index (Phi) is 8.21. The third-order valence-electron chi connectivity index (χ3n) is 4.77. The maximum atomic E-state index is 12.7. The summed E-state index contributed by atoms with van der Waals surface area (Å²) >= 11 is 1.42. The Balaban J connectivity index is 1.57. The van der Waals surface area contributed by atoms with Crippen LogP contribution in [0, 0.1) is 0 Å². The van der Waals surface area contributed by atoms with Crippen LogP contribution < -0.4 is 24.8 Å². The summed E-state index contributed by atoms with van der Waals surface area (Å²) in [6.45, 7) is 1.83. The minimum atomic E-state index is -0.345. The third-order valence-corrected chi connectivity index (χ3v) is 5.88. The first-order chi connectivity index (χ1) is 15.9. The van der Waals surface area contributed by atoms with E-state index in [1.807, 2.05) is 19.1 Å². The Bertz CT molecular complexity index is 1080. The molecule has 0 saturated carbocycles. The highest BCUT2D eigenvalue weighted by Crippen LogP contribution is 2.28. The van der Waals surface area contributed by atoms with Crippen molar-refractivity contribution in [1.82, 2.24) is 0 Å². The predicted molar refractivity (Wildman–Crippen MR) is 131 cm³/mol. The molecule has 0 aliphatic rings. The average molecular weight is 467 g/mol. The number of ether oxygens (including phenoxy) is 3. The van der Waals surface area contributed by atoms with Crippen LogP contribution in [0.15, 0.2) is 71.6 Å². The number of hydrogen-bond donors (Lipinski definition) is 2. The number of hydrogen-bond acceptors (Lipinski definition) is 6. The Labute approximate surface area is 197 Å². The normalized spacial score (nSPS) is 11.3. The highest BCUT2D eigenvalue weighted by atomic mass is 32.2. The third kappa shape index (κ3) is 6.66. The van der Waals surface area contributed by atoms with Crippen molar-refractivity contribution in [3.05, 3.63) is 72.3 Å². The van der Waals surface area contributed by atoms with E-state index in [2.05, 4.69) is 10.6 Å². The number of nitrogens with one attached hydrogen (secondary N) is 2. The zero-order valence-corrected chi connectivity index (χ0v) is 19.7. The Morgan fingerprint density at radius 3 is 1.85 bits per heavy atom. The number of amides is 2. The van der Waals surface area contributed by atoms with Crippen LogP contribution >= 0.6 is 11.8 Å². The van der Waals surface area contributed by atoms with E-state index in [0.717, 1.165) is 4.90 Å². The SMILES string of the molecule is COc1ccc(C(=O)Nc2ccc(SC(C)C(=O)Nc3cc(OC)cc(OC)c3)cc2)cc1. The van der Waals surface area contributed by atoms with Crippen LogP contribution in [0.4, 0.5) is 11.4 Å². The Morgan fingerprint density at radius 1 is 0.727 bits per heavy atom. The number of benzene rings is 3. The zero-order chi connectivity index (χ0) is 23.8. The van der Waals surface area contributed by atoms with Gasteiger partial charge in [-0.15, -0.1) is 11.8 Å². The lowest BCUT2D eigenvalue weighted by atomic mass is 10.2. The molecule has 0 saturated heterocycles. The molecule has 1 unspecified atom stereocenters. The maximum Gasteiger partial charge on any atom is 0.255 e. The van der Waals surface area contributed by atoms with Gasteiger partial charge in [0.1, 0.15) is 17.2 Å². The van der Waals surface area contributed by atoms with Gasteiger partial charge in [0.2, 0.25) is 5.91 Å². The molecule has 0 aromatic heterocycles. The first kappa shape index (κ1) is 24.0. The number of anilines is 2. The van der Waals surface area contributed by atoms with E-state index in [-0.39, 0.29) is 17.1 Å². The molecule has 0 spiro atoms. The van der Waals surface area contributed by atoms with Crippen molar-refractivity contribution in [1.29, 1.82) is 0 Å². The predicted octanol–water partition coefficient (Wildman–Crippen LogP) is 5.08. The van der Waals surface area contributed by atoms with Gasteiger partial charge < -0.3 is 24.8 Å². The van der Waals surface area contributed by atoms with Crippen molar-refractivity contribution in [2.24, 2.45) is 0 Å². The molecule has 2 amide bonds. The summed E-state index contributed by atoms with van der Waals surface area (Å²) in [6, 6.07) is 19.4. The van der Waals surface area contributed by atoms with Gasteiger partial charge in [-0.05, 0) is 55.5 Å². The van der Waals surface area contributed by atoms with Gasteiger partial charge in [-0.3, -0.25) is 9.59 Å². The van der Waals surface area contributed by atoms with E-state index in [0.29, 0.717) is 34.2 Å². The van der Waals surface area contributed by atoms with E-state index < -0.39 is 0 Å². The summed E-state index contributed by atoms with van der Waals surface area (Å²) in [5.41, 5.74) is 1.80. The van der Waals surface area contributed by atoms with Gasteiger partial charge in [0.25, 0.3) is 5.91 Å². The molecule has 3 aromatic rings. The summed E-state index contributed by atoms with van der Waals surface area (Å²) in [6.07, 6.45) is 0. The molecule has 172 valence electrons. The first-order valence-electron chi connectivity index (χ1n) is 10.2. The molecule has 0 bridgehead atoms. The van der Waals surface area contributed by atoms with Crippen molar-refractivity contribution >= 4 is 35.0 Å². The van der Waals surface area contributed by atoms with Crippen LogP contribution in [0.25, 0.3) is 0 Å². The molecule has 3 aromatic carbocycles. The smallest absolute Gasteiger partial charge is 0.255 e. The van der Waals surface area contributed by atoms with E-state index in [9.17, 15) is 9.59 Å². The maximum absolute atomic E-state index is 12.7. The summed E-state index contributed by atoms with van der Waals surface area (Å²) < 4.78 is 15.6. The van der Waals surface area contributed by atoms with Crippen LogP contribution in [0.2, 0.25) is 0 Å². The van der Waals surface area contributed by atoms with Crippen LogP contribution in [0.3, 0.4) is 0 Å². The Morgan fingerprint density at radius 2 is 1.30 bits per heavy atom. The van der Waals surface area contributed by atoms with E-state index in [4.69, 9.17) is 14.2 Å². The summed E-state index contributed by atoms with van der Waals surface area (Å²) in [7, 11) is 4.69. The molecule has 8 heteroatoms. The molecule has 0 radical (unpaired) electrons. The van der Waals surface area contributed by atoms with Gasteiger partial charge >= 0.3 is 0 Å². The summed E-state index contributed by atoms with van der Waals surface area (Å²) in [5, 5.41) is 5.41. The van der Waals surface area contributed by atoms with Gasteiger partial charge in [-0.1, -0.05) is 0 Å². The van der Waals surface area contributed by atoms with Gasteiger partial charge in [0, 0.05) is 40.0 Å². The van der Waals surface area contributed by atoms with Crippen LogP contribution in [0.5, 0.6) is 17.2 Å². The van der Waals surface area contributed by atoms with Gasteiger partial charge in [-0.25, -0.2) is 0 Å². The van der Waals surface area contributed by atoms with Crippen LogP contribution in [0.1, 0.15) is 17.3 Å². The lowest BCUT2D eigenvalue weighted by molar-refractivity contribution is -0.115. The minimum Gasteiger partial charge on any atom is -0.497 e. The second-order valence-electron chi connectivity index (χ2n) is 7.06. The highest BCUT2D eigenvalue weighted by molar-refractivity contribution is 8.00.